The van der Waals surface area contributed by atoms with Crippen LogP contribution in [0.2, 0.25) is 0 Å². The fourth-order valence-corrected chi connectivity index (χ4v) is 4.11. The molecule has 5 nitrogen and oxygen atoms in total. The Hall–Kier alpha value is -1.60. The average Bonchev–Trinajstić information content (AvgIpc) is 3.31. The van der Waals surface area contributed by atoms with Crippen LogP contribution >= 0.6 is 11.3 Å². The smallest absolute Gasteiger partial charge is 0.231 e. The predicted octanol–water partition coefficient (Wildman–Crippen LogP) is 2.64. The van der Waals surface area contributed by atoms with Gasteiger partial charge in [0.25, 0.3) is 0 Å². The quantitative estimate of drug-likeness (QED) is 0.871. The van der Waals surface area contributed by atoms with Gasteiger partial charge in [-0.05, 0) is 17.5 Å². The Balaban J connectivity index is 1.41. The van der Waals surface area contributed by atoms with Gasteiger partial charge in [-0.2, -0.15) is 0 Å². The van der Waals surface area contributed by atoms with Crippen molar-refractivity contribution in [2.24, 2.45) is 0 Å². The minimum atomic E-state index is 0.317. The van der Waals surface area contributed by atoms with Crippen LogP contribution in [0.5, 0.6) is 11.5 Å². The summed E-state index contributed by atoms with van der Waals surface area (Å²) >= 11 is 1.82. The molecule has 0 aliphatic carbocycles. The number of para-hydroxylation sites is 1. The third-order valence-corrected chi connectivity index (χ3v) is 5.46. The molecule has 128 valence electrons. The van der Waals surface area contributed by atoms with Crippen molar-refractivity contribution in [3.63, 3.8) is 0 Å². The van der Waals surface area contributed by atoms with Crippen LogP contribution in [-0.2, 0) is 11.3 Å². The Morgan fingerprint density at radius 3 is 2.88 bits per heavy atom. The maximum absolute atomic E-state index is 5.59. The monoisotopic (exact) mass is 346 g/mol. The van der Waals surface area contributed by atoms with Gasteiger partial charge in [0, 0.05) is 36.6 Å². The minimum absolute atomic E-state index is 0.317. The van der Waals surface area contributed by atoms with Crippen molar-refractivity contribution >= 4 is 11.3 Å². The van der Waals surface area contributed by atoms with Crippen molar-refractivity contribution in [3.05, 3.63) is 46.2 Å². The van der Waals surface area contributed by atoms with Crippen LogP contribution in [0.15, 0.2) is 35.7 Å². The number of benzene rings is 1. The second-order valence-corrected chi connectivity index (χ2v) is 6.94. The van der Waals surface area contributed by atoms with Crippen molar-refractivity contribution in [2.45, 2.75) is 12.6 Å². The van der Waals surface area contributed by atoms with E-state index in [0.29, 0.717) is 12.8 Å². The molecule has 1 aromatic carbocycles. The molecule has 0 radical (unpaired) electrons. The van der Waals surface area contributed by atoms with Crippen molar-refractivity contribution in [1.82, 2.24) is 10.2 Å². The van der Waals surface area contributed by atoms with Gasteiger partial charge in [-0.3, -0.25) is 4.90 Å². The van der Waals surface area contributed by atoms with E-state index in [9.17, 15) is 0 Å². The van der Waals surface area contributed by atoms with Crippen molar-refractivity contribution in [1.29, 1.82) is 0 Å². The van der Waals surface area contributed by atoms with Crippen molar-refractivity contribution in [2.75, 3.05) is 39.6 Å². The van der Waals surface area contributed by atoms with E-state index in [0.717, 1.165) is 56.5 Å². The SMILES string of the molecule is c1csc([C@H](CNCc2cccc3c2OCO3)N2CCOCC2)c1. The van der Waals surface area contributed by atoms with E-state index < -0.39 is 0 Å². The summed E-state index contributed by atoms with van der Waals surface area (Å²) in [5.41, 5.74) is 1.15. The highest BCUT2D eigenvalue weighted by Gasteiger charge is 2.23. The molecule has 1 atom stereocenters. The van der Waals surface area contributed by atoms with E-state index in [4.69, 9.17) is 14.2 Å². The molecule has 2 aliphatic rings. The number of nitrogens with one attached hydrogen (secondary N) is 1. The second-order valence-electron chi connectivity index (χ2n) is 5.96. The Morgan fingerprint density at radius 2 is 2.04 bits per heavy atom. The summed E-state index contributed by atoms with van der Waals surface area (Å²) in [5.74, 6) is 1.72. The van der Waals surface area contributed by atoms with Gasteiger partial charge in [0.1, 0.15) is 0 Å². The van der Waals surface area contributed by atoms with Gasteiger partial charge in [-0.25, -0.2) is 0 Å². The predicted molar refractivity (Wildman–Crippen MR) is 93.7 cm³/mol. The van der Waals surface area contributed by atoms with Gasteiger partial charge in [0.2, 0.25) is 6.79 Å². The summed E-state index contributed by atoms with van der Waals surface area (Å²) in [6.45, 7) is 5.62. The van der Waals surface area contributed by atoms with E-state index in [1.165, 1.54) is 4.88 Å². The van der Waals surface area contributed by atoms with Crippen LogP contribution in [0.25, 0.3) is 0 Å². The fourth-order valence-electron chi connectivity index (χ4n) is 3.25. The Morgan fingerprint density at radius 1 is 1.12 bits per heavy atom. The summed E-state index contributed by atoms with van der Waals surface area (Å²) in [4.78, 5) is 3.92. The second kappa shape index (κ2) is 7.53. The van der Waals surface area contributed by atoms with Crippen LogP contribution < -0.4 is 14.8 Å². The highest BCUT2D eigenvalue weighted by Crippen LogP contribution is 2.35. The average molecular weight is 346 g/mol. The van der Waals surface area contributed by atoms with Gasteiger partial charge in [-0.15, -0.1) is 11.3 Å². The molecular weight excluding hydrogens is 324 g/mol. The number of ether oxygens (including phenoxy) is 3. The number of nitrogens with zero attached hydrogens (tertiary/aromatic N) is 1. The summed E-state index contributed by atoms with van der Waals surface area (Å²) in [6.07, 6.45) is 0. The number of hydrogen-bond donors (Lipinski definition) is 1. The van der Waals surface area contributed by atoms with E-state index in [1.807, 2.05) is 23.5 Å². The largest absolute Gasteiger partial charge is 0.454 e. The van der Waals surface area contributed by atoms with E-state index in [-0.39, 0.29) is 0 Å². The Bertz CT molecular complexity index is 656. The molecule has 6 heteroatoms. The lowest BCUT2D eigenvalue weighted by molar-refractivity contribution is 0.0168. The highest BCUT2D eigenvalue weighted by molar-refractivity contribution is 7.10. The topological polar surface area (TPSA) is 43.0 Å². The summed E-state index contributed by atoms with van der Waals surface area (Å²) in [6, 6.07) is 10.8. The number of morpholine rings is 1. The first kappa shape index (κ1) is 15.9. The molecule has 2 aliphatic heterocycles. The zero-order valence-electron chi connectivity index (χ0n) is 13.6. The zero-order chi connectivity index (χ0) is 16.2. The first-order valence-electron chi connectivity index (χ1n) is 8.35. The molecule has 24 heavy (non-hydrogen) atoms. The van der Waals surface area contributed by atoms with E-state index >= 15 is 0 Å². The molecular formula is C18H22N2O3S. The van der Waals surface area contributed by atoms with Gasteiger partial charge in [0.15, 0.2) is 11.5 Å². The zero-order valence-corrected chi connectivity index (χ0v) is 14.4. The Kier molecular flexibility index (Phi) is 4.99. The lowest BCUT2D eigenvalue weighted by atomic mass is 10.1. The van der Waals surface area contributed by atoms with Crippen LogP contribution in [0.3, 0.4) is 0 Å². The molecule has 0 unspecified atom stereocenters. The van der Waals surface area contributed by atoms with E-state index in [1.54, 1.807) is 0 Å². The van der Waals surface area contributed by atoms with Gasteiger partial charge in [0.05, 0.1) is 19.3 Å². The molecule has 3 heterocycles. The van der Waals surface area contributed by atoms with Gasteiger partial charge < -0.3 is 19.5 Å². The number of rotatable bonds is 6. The fraction of sp³-hybridized carbons (Fsp3) is 0.444. The molecule has 2 aromatic rings. The molecule has 0 spiro atoms. The molecule has 1 saturated heterocycles. The summed E-state index contributed by atoms with van der Waals surface area (Å²) in [5, 5.41) is 5.76. The van der Waals surface area contributed by atoms with Gasteiger partial charge >= 0.3 is 0 Å². The molecule has 4 rings (SSSR count). The minimum Gasteiger partial charge on any atom is -0.454 e. The maximum Gasteiger partial charge on any atom is 0.231 e. The standard InChI is InChI=1S/C18H22N2O3S/c1-3-14(18-16(4-1)22-13-23-18)11-19-12-15(17-5-2-10-24-17)20-6-8-21-9-7-20/h1-5,10,15,19H,6-9,11-13H2/t15-/m0/s1. The third kappa shape index (κ3) is 3.42. The summed E-state index contributed by atoms with van der Waals surface area (Å²) < 4.78 is 16.5. The van der Waals surface area contributed by atoms with Crippen LogP contribution in [-0.4, -0.2) is 44.5 Å². The normalized spacial score (nSPS) is 18.7. The molecule has 0 amide bonds. The van der Waals surface area contributed by atoms with Gasteiger partial charge in [-0.1, -0.05) is 18.2 Å². The number of hydrogen-bond acceptors (Lipinski definition) is 6. The molecule has 0 saturated carbocycles. The number of thiophene rings is 1. The third-order valence-electron chi connectivity index (χ3n) is 4.49. The molecule has 0 bridgehead atoms. The first-order chi connectivity index (χ1) is 11.9. The van der Waals surface area contributed by atoms with Crippen molar-refractivity contribution in [3.8, 4) is 11.5 Å². The number of fused-ring (bicyclic) bond motifs is 1. The lowest BCUT2D eigenvalue weighted by Gasteiger charge is -2.34. The van der Waals surface area contributed by atoms with E-state index in [2.05, 4.69) is 33.8 Å². The lowest BCUT2D eigenvalue weighted by Crippen LogP contribution is -2.42. The summed E-state index contributed by atoms with van der Waals surface area (Å²) in [7, 11) is 0. The maximum atomic E-state index is 5.59. The van der Waals surface area contributed by atoms with Crippen molar-refractivity contribution < 1.29 is 14.2 Å². The molecule has 1 aromatic heterocycles. The highest BCUT2D eigenvalue weighted by atomic mass is 32.1. The molecule has 1 fully saturated rings. The Labute approximate surface area is 146 Å². The molecule has 1 N–H and O–H groups in total. The van der Waals surface area contributed by atoms with Crippen LogP contribution in [0.1, 0.15) is 16.5 Å². The van der Waals surface area contributed by atoms with Crippen LogP contribution in [0, 0.1) is 0 Å². The first-order valence-corrected chi connectivity index (χ1v) is 9.23. The van der Waals surface area contributed by atoms with Crippen LogP contribution in [0.4, 0.5) is 0 Å².